The molecule has 0 aliphatic carbocycles. The van der Waals surface area contributed by atoms with Crippen molar-refractivity contribution in [3.63, 3.8) is 0 Å². The maximum absolute atomic E-state index is 12.0. The van der Waals surface area contributed by atoms with Crippen molar-refractivity contribution in [1.82, 2.24) is 10.2 Å². The van der Waals surface area contributed by atoms with Crippen molar-refractivity contribution in [2.75, 3.05) is 33.3 Å². The van der Waals surface area contributed by atoms with Crippen molar-refractivity contribution in [2.24, 2.45) is 11.8 Å². The predicted octanol–water partition coefficient (Wildman–Crippen LogP) is 1.90. The molecule has 19 heavy (non-hydrogen) atoms. The van der Waals surface area contributed by atoms with Gasteiger partial charge in [0, 0.05) is 13.1 Å². The third-order valence-electron chi connectivity index (χ3n) is 4.62. The molecule has 0 radical (unpaired) electrons. The maximum Gasteiger partial charge on any atom is 0.326 e. The second kappa shape index (κ2) is 7.25. The van der Waals surface area contributed by atoms with Gasteiger partial charge in [0.15, 0.2) is 0 Å². The Hall–Kier alpha value is -0.610. The molecular formula is C15H30N2O2. The number of carbonyl (C=O) groups is 1. The minimum absolute atomic E-state index is 0.143. The number of carbonyl (C=O) groups excluding carboxylic acids is 1. The van der Waals surface area contributed by atoms with E-state index < -0.39 is 5.54 Å². The Kier molecular flexibility index (Phi) is 6.27. The topological polar surface area (TPSA) is 41.6 Å². The number of ether oxygens (including phenoxy) is 1. The van der Waals surface area contributed by atoms with Gasteiger partial charge in [-0.1, -0.05) is 13.8 Å². The molecule has 3 atom stereocenters. The number of likely N-dealkylation sites (N-methyl/N-ethyl adjacent to an activating group) is 1. The minimum Gasteiger partial charge on any atom is -0.465 e. The number of nitrogens with zero attached hydrogens (tertiary/aromatic N) is 1. The summed E-state index contributed by atoms with van der Waals surface area (Å²) in [7, 11) is 1.83. The number of esters is 1. The van der Waals surface area contributed by atoms with Crippen molar-refractivity contribution in [3.05, 3.63) is 0 Å². The van der Waals surface area contributed by atoms with Crippen LogP contribution in [0.2, 0.25) is 0 Å². The molecular weight excluding hydrogens is 240 g/mol. The fourth-order valence-corrected chi connectivity index (χ4v) is 2.55. The van der Waals surface area contributed by atoms with E-state index in [0.29, 0.717) is 6.61 Å². The first-order valence-electron chi connectivity index (χ1n) is 7.51. The van der Waals surface area contributed by atoms with Gasteiger partial charge in [-0.05, 0) is 52.1 Å². The normalized spacial score (nSPS) is 27.8. The summed E-state index contributed by atoms with van der Waals surface area (Å²) in [6.07, 6.45) is 2.06. The highest BCUT2D eigenvalue weighted by Gasteiger charge is 2.34. The van der Waals surface area contributed by atoms with Crippen molar-refractivity contribution in [2.45, 2.75) is 46.1 Å². The fourth-order valence-electron chi connectivity index (χ4n) is 2.55. The summed E-state index contributed by atoms with van der Waals surface area (Å²) >= 11 is 0. The van der Waals surface area contributed by atoms with Crippen LogP contribution in [-0.4, -0.2) is 49.7 Å². The Labute approximate surface area is 117 Å². The summed E-state index contributed by atoms with van der Waals surface area (Å²) in [5, 5.41) is 3.12. The molecule has 3 unspecified atom stereocenters. The SMILES string of the molecule is CCOC(=O)C(C)(CCN1CCC(C)C(C)C1)NC. The van der Waals surface area contributed by atoms with E-state index in [2.05, 4.69) is 24.1 Å². The van der Waals surface area contributed by atoms with Crippen LogP contribution in [0.4, 0.5) is 0 Å². The van der Waals surface area contributed by atoms with Gasteiger partial charge in [-0.25, -0.2) is 0 Å². The van der Waals surface area contributed by atoms with E-state index in [9.17, 15) is 4.79 Å². The molecule has 1 aliphatic heterocycles. The zero-order valence-corrected chi connectivity index (χ0v) is 13.2. The summed E-state index contributed by atoms with van der Waals surface area (Å²) < 4.78 is 5.16. The Morgan fingerprint density at radius 1 is 1.42 bits per heavy atom. The summed E-state index contributed by atoms with van der Waals surface area (Å²) in [5.41, 5.74) is -0.567. The van der Waals surface area contributed by atoms with Gasteiger partial charge in [-0.3, -0.25) is 4.79 Å². The van der Waals surface area contributed by atoms with Crippen LogP contribution in [0.3, 0.4) is 0 Å². The number of hydrogen-bond donors (Lipinski definition) is 1. The Balaban J connectivity index is 2.47. The van der Waals surface area contributed by atoms with E-state index in [1.807, 2.05) is 20.9 Å². The molecule has 4 nitrogen and oxygen atoms in total. The zero-order chi connectivity index (χ0) is 14.5. The van der Waals surface area contributed by atoms with Crippen LogP contribution in [0.15, 0.2) is 0 Å². The highest BCUT2D eigenvalue weighted by atomic mass is 16.5. The van der Waals surface area contributed by atoms with Gasteiger partial charge in [0.05, 0.1) is 6.61 Å². The Morgan fingerprint density at radius 2 is 2.11 bits per heavy atom. The van der Waals surface area contributed by atoms with E-state index in [1.54, 1.807) is 0 Å². The molecule has 112 valence electrons. The third kappa shape index (κ3) is 4.46. The smallest absolute Gasteiger partial charge is 0.326 e. The standard InChI is InChI=1S/C15H30N2O2/c1-6-19-14(18)15(4,16-5)8-10-17-9-7-12(2)13(3)11-17/h12-13,16H,6-11H2,1-5H3. The molecule has 0 amide bonds. The van der Waals surface area contributed by atoms with Crippen molar-refractivity contribution in [3.8, 4) is 0 Å². The van der Waals surface area contributed by atoms with E-state index in [0.717, 1.165) is 37.9 Å². The average molecular weight is 270 g/mol. The number of likely N-dealkylation sites (tertiary alicyclic amines) is 1. The summed E-state index contributed by atoms with van der Waals surface area (Å²) in [4.78, 5) is 14.5. The van der Waals surface area contributed by atoms with Crippen LogP contribution in [-0.2, 0) is 9.53 Å². The van der Waals surface area contributed by atoms with E-state index in [1.165, 1.54) is 6.42 Å². The summed E-state index contributed by atoms with van der Waals surface area (Å²) in [6, 6.07) is 0. The largest absolute Gasteiger partial charge is 0.465 e. The first-order valence-corrected chi connectivity index (χ1v) is 7.51. The van der Waals surface area contributed by atoms with Gasteiger partial charge in [-0.15, -0.1) is 0 Å². The van der Waals surface area contributed by atoms with Crippen LogP contribution in [0.1, 0.15) is 40.5 Å². The highest BCUT2D eigenvalue weighted by Crippen LogP contribution is 2.23. The average Bonchev–Trinajstić information content (AvgIpc) is 2.40. The van der Waals surface area contributed by atoms with Crippen LogP contribution >= 0.6 is 0 Å². The van der Waals surface area contributed by atoms with Crippen LogP contribution in [0.5, 0.6) is 0 Å². The minimum atomic E-state index is -0.567. The quantitative estimate of drug-likeness (QED) is 0.749. The first kappa shape index (κ1) is 16.4. The molecule has 4 heteroatoms. The van der Waals surface area contributed by atoms with E-state index >= 15 is 0 Å². The lowest BCUT2D eigenvalue weighted by atomic mass is 9.88. The number of hydrogen-bond acceptors (Lipinski definition) is 4. The number of nitrogens with one attached hydrogen (secondary N) is 1. The van der Waals surface area contributed by atoms with Crippen LogP contribution in [0.25, 0.3) is 0 Å². The monoisotopic (exact) mass is 270 g/mol. The van der Waals surface area contributed by atoms with Crippen molar-refractivity contribution < 1.29 is 9.53 Å². The molecule has 1 fully saturated rings. The lowest BCUT2D eigenvalue weighted by Gasteiger charge is -2.37. The molecule has 1 saturated heterocycles. The maximum atomic E-state index is 12.0. The Morgan fingerprint density at radius 3 is 2.63 bits per heavy atom. The van der Waals surface area contributed by atoms with E-state index in [4.69, 9.17) is 4.74 Å². The van der Waals surface area contributed by atoms with Gasteiger partial charge in [0.1, 0.15) is 5.54 Å². The molecule has 0 spiro atoms. The second-order valence-electron chi connectivity index (χ2n) is 6.10. The van der Waals surface area contributed by atoms with Crippen LogP contribution in [0, 0.1) is 11.8 Å². The van der Waals surface area contributed by atoms with Crippen molar-refractivity contribution >= 4 is 5.97 Å². The highest BCUT2D eigenvalue weighted by molar-refractivity contribution is 5.80. The first-order chi connectivity index (χ1) is 8.92. The third-order valence-corrected chi connectivity index (χ3v) is 4.62. The van der Waals surface area contributed by atoms with Gasteiger partial charge in [0.2, 0.25) is 0 Å². The Bertz CT molecular complexity index is 296. The molecule has 1 aliphatic rings. The predicted molar refractivity (Wildman–Crippen MR) is 78.1 cm³/mol. The number of rotatable bonds is 6. The van der Waals surface area contributed by atoms with Crippen LogP contribution < -0.4 is 5.32 Å². The lowest BCUT2D eigenvalue weighted by molar-refractivity contribution is -0.150. The molecule has 0 bridgehead atoms. The summed E-state index contributed by atoms with van der Waals surface area (Å²) in [6.45, 7) is 12.1. The van der Waals surface area contributed by atoms with Gasteiger partial charge < -0.3 is 15.0 Å². The van der Waals surface area contributed by atoms with E-state index in [-0.39, 0.29) is 5.97 Å². The van der Waals surface area contributed by atoms with Crippen molar-refractivity contribution in [1.29, 1.82) is 0 Å². The molecule has 0 aromatic heterocycles. The molecule has 0 saturated carbocycles. The van der Waals surface area contributed by atoms with Gasteiger partial charge in [-0.2, -0.15) is 0 Å². The fraction of sp³-hybridized carbons (Fsp3) is 0.933. The molecule has 1 rings (SSSR count). The second-order valence-corrected chi connectivity index (χ2v) is 6.10. The van der Waals surface area contributed by atoms with Gasteiger partial charge >= 0.3 is 5.97 Å². The molecule has 0 aromatic rings. The molecule has 1 heterocycles. The number of piperidine rings is 1. The van der Waals surface area contributed by atoms with Gasteiger partial charge in [0.25, 0.3) is 0 Å². The molecule has 0 aromatic carbocycles. The summed E-state index contributed by atoms with van der Waals surface area (Å²) in [5.74, 6) is 1.42. The lowest BCUT2D eigenvalue weighted by Crippen LogP contribution is -2.51. The zero-order valence-electron chi connectivity index (χ0n) is 13.2. The molecule has 1 N–H and O–H groups in total.